The lowest BCUT2D eigenvalue weighted by Crippen LogP contribution is -2.31. The standard InChI is InChI=1S/C16H20N4O/c1-12-10-20(11-15(21)19-8-2-3-9-19)16(18-12)13-4-6-14(17)7-5-13/h4-7,10H,2-3,8-9,11,17H2,1H3. The number of aromatic nitrogens is 2. The summed E-state index contributed by atoms with van der Waals surface area (Å²) in [5.41, 5.74) is 8.34. The molecule has 0 aliphatic carbocycles. The number of hydrogen-bond acceptors (Lipinski definition) is 3. The minimum Gasteiger partial charge on any atom is -0.399 e. The Morgan fingerprint density at radius 3 is 2.57 bits per heavy atom. The second-order valence-corrected chi connectivity index (χ2v) is 5.54. The molecule has 0 spiro atoms. The molecule has 3 rings (SSSR count). The van der Waals surface area contributed by atoms with Gasteiger partial charge in [-0.1, -0.05) is 0 Å². The molecule has 1 aromatic heterocycles. The Hall–Kier alpha value is -2.30. The van der Waals surface area contributed by atoms with Gasteiger partial charge in [0, 0.05) is 30.5 Å². The predicted octanol–water partition coefficient (Wildman–Crippen LogP) is 2.06. The van der Waals surface area contributed by atoms with E-state index in [1.807, 2.05) is 46.9 Å². The summed E-state index contributed by atoms with van der Waals surface area (Å²) in [6.45, 7) is 4.05. The molecule has 110 valence electrons. The molecule has 2 N–H and O–H groups in total. The molecule has 0 radical (unpaired) electrons. The quantitative estimate of drug-likeness (QED) is 0.877. The van der Waals surface area contributed by atoms with Gasteiger partial charge >= 0.3 is 0 Å². The number of amides is 1. The summed E-state index contributed by atoms with van der Waals surface area (Å²) in [6.07, 6.45) is 4.15. The average Bonchev–Trinajstić information content (AvgIpc) is 3.09. The fourth-order valence-corrected chi connectivity index (χ4v) is 2.74. The Morgan fingerprint density at radius 2 is 1.90 bits per heavy atom. The maximum absolute atomic E-state index is 12.3. The summed E-state index contributed by atoms with van der Waals surface area (Å²) in [5.74, 6) is 0.988. The lowest BCUT2D eigenvalue weighted by atomic mass is 10.2. The first-order valence-electron chi connectivity index (χ1n) is 7.31. The van der Waals surface area contributed by atoms with Crippen LogP contribution in [0.2, 0.25) is 0 Å². The Bertz CT molecular complexity index is 639. The molecule has 0 unspecified atom stereocenters. The number of nitrogens with two attached hydrogens (primary N) is 1. The smallest absolute Gasteiger partial charge is 0.242 e. The molecule has 1 aliphatic heterocycles. The van der Waals surface area contributed by atoms with E-state index >= 15 is 0 Å². The van der Waals surface area contributed by atoms with Crippen LogP contribution in [0.25, 0.3) is 11.4 Å². The summed E-state index contributed by atoms with van der Waals surface area (Å²) >= 11 is 0. The minimum atomic E-state index is 0.168. The molecule has 21 heavy (non-hydrogen) atoms. The second kappa shape index (κ2) is 5.60. The summed E-state index contributed by atoms with van der Waals surface area (Å²) in [5, 5.41) is 0. The highest BCUT2D eigenvalue weighted by Crippen LogP contribution is 2.21. The zero-order valence-corrected chi connectivity index (χ0v) is 12.2. The van der Waals surface area contributed by atoms with Crippen molar-refractivity contribution in [3.8, 4) is 11.4 Å². The summed E-state index contributed by atoms with van der Waals surface area (Å²) in [4.78, 5) is 18.8. The molecule has 5 heteroatoms. The van der Waals surface area contributed by atoms with E-state index in [0.717, 1.165) is 48.7 Å². The molecule has 1 fully saturated rings. The topological polar surface area (TPSA) is 64.2 Å². The van der Waals surface area contributed by atoms with Crippen molar-refractivity contribution in [2.45, 2.75) is 26.3 Å². The van der Waals surface area contributed by atoms with Crippen LogP contribution in [-0.2, 0) is 11.3 Å². The van der Waals surface area contributed by atoms with Crippen molar-refractivity contribution in [3.63, 3.8) is 0 Å². The number of aryl methyl sites for hydroxylation is 1. The number of benzene rings is 1. The zero-order chi connectivity index (χ0) is 14.8. The number of carbonyl (C=O) groups is 1. The van der Waals surface area contributed by atoms with E-state index in [4.69, 9.17) is 5.73 Å². The van der Waals surface area contributed by atoms with Crippen molar-refractivity contribution in [3.05, 3.63) is 36.2 Å². The van der Waals surface area contributed by atoms with Gasteiger partial charge in [0.05, 0.1) is 5.69 Å². The number of anilines is 1. The van der Waals surface area contributed by atoms with Crippen LogP contribution in [0.15, 0.2) is 30.5 Å². The van der Waals surface area contributed by atoms with Gasteiger partial charge in [-0.3, -0.25) is 4.79 Å². The molecule has 1 amide bonds. The highest BCUT2D eigenvalue weighted by molar-refractivity contribution is 5.77. The maximum atomic E-state index is 12.3. The van der Waals surface area contributed by atoms with Crippen LogP contribution in [0.3, 0.4) is 0 Å². The molecule has 1 saturated heterocycles. The molecule has 2 heterocycles. The average molecular weight is 284 g/mol. The number of rotatable bonds is 3. The van der Waals surface area contributed by atoms with Gasteiger partial charge in [-0.15, -0.1) is 0 Å². The van der Waals surface area contributed by atoms with Crippen LogP contribution in [0.5, 0.6) is 0 Å². The molecular formula is C16H20N4O. The van der Waals surface area contributed by atoms with Crippen LogP contribution in [0.4, 0.5) is 5.69 Å². The van der Waals surface area contributed by atoms with Crippen LogP contribution in [-0.4, -0.2) is 33.4 Å². The zero-order valence-electron chi connectivity index (χ0n) is 12.2. The molecule has 0 bridgehead atoms. The lowest BCUT2D eigenvalue weighted by molar-refractivity contribution is -0.130. The normalized spacial score (nSPS) is 14.6. The van der Waals surface area contributed by atoms with Crippen LogP contribution in [0.1, 0.15) is 18.5 Å². The van der Waals surface area contributed by atoms with Gasteiger partial charge in [0.1, 0.15) is 12.4 Å². The van der Waals surface area contributed by atoms with Crippen molar-refractivity contribution in [2.24, 2.45) is 0 Å². The Balaban J connectivity index is 1.85. The number of nitrogen functional groups attached to an aromatic ring is 1. The van der Waals surface area contributed by atoms with Crippen LogP contribution >= 0.6 is 0 Å². The predicted molar refractivity (Wildman–Crippen MR) is 82.6 cm³/mol. The van der Waals surface area contributed by atoms with E-state index < -0.39 is 0 Å². The molecule has 2 aromatic rings. The van der Waals surface area contributed by atoms with Gasteiger partial charge in [-0.05, 0) is 44.0 Å². The van der Waals surface area contributed by atoms with Crippen molar-refractivity contribution in [1.29, 1.82) is 0 Å². The van der Waals surface area contributed by atoms with E-state index in [-0.39, 0.29) is 5.91 Å². The Labute approximate surface area is 124 Å². The fraction of sp³-hybridized carbons (Fsp3) is 0.375. The van der Waals surface area contributed by atoms with Gasteiger partial charge in [-0.2, -0.15) is 0 Å². The third-order valence-corrected chi connectivity index (χ3v) is 3.83. The number of hydrogen-bond donors (Lipinski definition) is 1. The molecule has 5 nitrogen and oxygen atoms in total. The maximum Gasteiger partial charge on any atom is 0.242 e. The molecule has 1 aromatic carbocycles. The van der Waals surface area contributed by atoms with Gasteiger partial charge in [-0.25, -0.2) is 4.98 Å². The number of likely N-dealkylation sites (tertiary alicyclic amines) is 1. The van der Waals surface area contributed by atoms with Gasteiger partial charge in [0.2, 0.25) is 5.91 Å². The Morgan fingerprint density at radius 1 is 1.24 bits per heavy atom. The molecule has 1 aliphatic rings. The third-order valence-electron chi connectivity index (χ3n) is 3.83. The van der Waals surface area contributed by atoms with Gasteiger partial charge < -0.3 is 15.2 Å². The summed E-state index contributed by atoms with van der Waals surface area (Å²) in [7, 11) is 0. The second-order valence-electron chi connectivity index (χ2n) is 5.54. The summed E-state index contributed by atoms with van der Waals surface area (Å²) < 4.78 is 1.93. The lowest BCUT2D eigenvalue weighted by Gasteiger charge is -2.16. The minimum absolute atomic E-state index is 0.168. The van der Waals surface area contributed by atoms with E-state index in [9.17, 15) is 4.79 Å². The molecule has 0 saturated carbocycles. The first kappa shape index (κ1) is 13.7. The van der Waals surface area contributed by atoms with E-state index in [0.29, 0.717) is 6.54 Å². The number of imidazole rings is 1. The summed E-state index contributed by atoms with van der Waals surface area (Å²) in [6, 6.07) is 7.58. The first-order chi connectivity index (χ1) is 10.1. The highest BCUT2D eigenvalue weighted by Gasteiger charge is 2.19. The van der Waals surface area contributed by atoms with Crippen molar-refractivity contribution in [2.75, 3.05) is 18.8 Å². The fourth-order valence-electron chi connectivity index (χ4n) is 2.74. The van der Waals surface area contributed by atoms with Crippen molar-refractivity contribution >= 4 is 11.6 Å². The van der Waals surface area contributed by atoms with Gasteiger partial charge in [0.15, 0.2) is 0 Å². The molecular weight excluding hydrogens is 264 g/mol. The first-order valence-corrected chi connectivity index (χ1v) is 7.31. The Kier molecular flexibility index (Phi) is 3.64. The van der Waals surface area contributed by atoms with Crippen molar-refractivity contribution in [1.82, 2.24) is 14.5 Å². The van der Waals surface area contributed by atoms with E-state index in [1.165, 1.54) is 0 Å². The van der Waals surface area contributed by atoms with Gasteiger partial charge in [0.25, 0.3) is 0 Å². The monoisotopic (exact) mass is 284 g/mol. The third kappa shape index (κ3) is 2.91. The van der Waals surface area contributed by atoms with E-state index in [1.54, 1.807) is 0 Å². The number of carbonyl (C=O) groups excluding carboxylic acids is 1. The SMILES string of the molecule is Cc1cn(CC(=O)N2CCCC2)c(-c2ccc(N)cc2)n1. The number of nitrogens with zero attached hydrogens (tertiary/aromatic N) is 3. The molecule has 0 atom stereocenters. The highest BCUT2D eigenvalue weighted by atomic mass is 16.2. The van der Waals surface area contributed by atoms with Crippen molar-refractivity contribution < 1.29 is 4.79 Å². The largest absolute Gasteiger partial charge is 0.399 e. The van der Waals surface area contributed by atoms with Crippen LogP contribution in [0, 0.1) is 6.92 Å². The van der Waals surface area contributed by atoms with Crippen LogP contribution < -0.4 is 5.73 Å². The van der Waals surface area contributed by atoms with E-state index in [2.05, 4.69) is 4.98 Å².